The lowest BCUT2D eigenvalue weighted by molar-refractivity contribution is -0.120. The molecule has 0 unspecified atom stereocenters. The van der Waals surface area contributed by atoms with Crippen molar-refractivity contribution in [2.24, 2.45) is 5.92 Å². The maximum absolute atomic E-state index is 12.7. The van der Waals surface area contributed by atoms with Crippen molar-refractivity contribution < 1.29 is 4.79 Å². The molecular weight excluding hydrogens is 324 g/mol. The first-order valence-electron chi connectivity index (χ1n) is 9.04. The Balaban J connectivity index is 1.41. The lowest BCUT2D eigenvalue weighted by Crippen LogP contribution is -2.38. The van der Waals surface area contributed by atoms with Crippen molar-refractivity contribution in [3.8, 4) is 0 Å². The highest BCUT2D eigenvalue weighted by Gasteiger charge is 2.26. The van der Waals surface area contributed by atoms with Gasteiger partial charge < -0.3 is 10.2 Å². The fourth-order valence-corrected chi connectivity index (χ4v) is 3.50. The van der Waals surface area contributed by atoms with E-state index < -0.39 is 0 Å². The van der Waals surface area contributed by atoms with E-state index in [-0.39, 0.29) is 11.8 Å². The summed E-state index contributed by atoms with van der Waals surface area (Å²) in [6.07, 6.45) is 1.65. The number of benzene rings is 2. The van der Waals surface area contributed by atoms with Crippen LogP contribution in [0, 0.1) is 12.8 Å². The Labute approximate surface area is 153 Å². The van der Waals surface area contributed by atoms with Crippen LogP contribution < -0.4 is 10.2 Å². The van der Waals surface area contributed by atoms with E-state index in [0.717, 1.165) is 53.9 Å². The van der Waals surface area contributed by atoms with E-state index >= 15 is 0 Å². The summed E-state index contributed by atoms with van der Waals surface area (Å²) in [6.45, 7) is 3.58. The van der Waals surface area contributed by atoms with Crippen LogP contribution in [-0.4, -0.2) is 29.2 Å². The van der Waals surface area contributed by atoms with Crippen molar-refractivity contribution in [2.45, 2.75) is 19.8 Å². The molecule has 1 aliphatic rings. The van der Waals surface area contributed by atoms with Gasteiger partial charge in [-0.2, -0.15) is 5.10 Å². The zero-order valence-corrected chi connectivity index (χ0v) is 14.9. The second kappa shape index (κ2) is 7.12. The predicted octanol–water partition coefficient (Wildman–Crippen LogP) is 3.79. The van der Waals surface area contributed by atoms with Gasteiger partial charge in [-0.05, 0) is 43.4 Å². The summed E-state index contributed by atoms with van der Waals surface area (Å²) in [5.41, 5.74) is 1.80. The van der Waals surface area contributed by atoms with Crippen molar-refractivity contribution in [3.05, 3.63) is 60.3 Å². The number of rotatable bonds is 3. The smallest absolute Gasteiger partial charge is 0.227 e. The molecule has 26 heavy (non-hydrogen) atoms. The minimum absolute atomic E-state index is 0.0311. The van der Waals surface area contributed by atoms with Crippen LogP contribution in [0.2, 0.25) is 0 Å². The van der Waals surface area contributed by atoms with Crippen molar-refractivity contribution in [3.63, 3.8) is 0 Å². The van der Waals surface area contributed by atoms with Crippen molar-refractivity contribution in [1.29, 1.82) is 0 Å². The van der Waals surface area contributed by atoms with Gasteiger partial charge in [0.15, 0.2) is 5.82 Å². The van der Waals surface area contributed by atoms with E-state index in [0.29, 0.717) is 0 Å². The molecule has 2 heterocycles. The van der Waals surface area contributed by atoms with E-state index in [4.69, 9.17) is 0 Å². The Bertz CT molecular complexity index is 909. The predicted molar refractivity (Wildman–Crippen MR) is 104 cm³/mol. The van der Waals surface area contributed by atoms with Gasteiger partial charge in [-0.3, -0.25) is 4.79 Å². The second-order valence-corrected chi connectivity index (χ2v) is 6.81. The lowest BCUT2D eigenvalue weighted by atomic mass is 9.95. The normalized spacial score (nSPS) is 15.2. The molecule has 0 spiro atoms. The minimum atomic E-state index is 0.0311. The number of aromatic nitrogens is 2. The molecule has 1 amide bonds. The summed E-state index contributed by atoms with van der Waals surface area (Å²) < 4.78 is 0. The number of anilines is 2. The van der Waals surface area contributed by atoms with Crippen LogP contribution in [0.1, 0.15) is 18.5 Å². The number of carbonyl (C=O) groups is 1. The zero-order valence-electron chi connectivity index (χ0n) is 14.9. The van der Waals surface area contributed by atoms with Crippen LogP contribution in [0.4, 0.5) is 11.5 Å². The van der Waals surface area contributed by atoms with Gasteiger partial charge in [0.2, 0.25) is 5.91 Å². The molecule has 0 aliphatic carbocycles. The third-order valence-electron chi connectivity index (χ3n) is 5.02. The number of piperidine rings is 1. The Hall–Kier alpha value is -2.95. The van der Waals surface area contributed by atoms with Crippen molar-refractivity contribution in [2.75, 3.05) is 23.3 Å². The number of aryl methyl sites for hydroxylation is 1. The fourth-order valence-electron chi connectivity index (χ4n) is 3.50. The molecule has 4 rings (SSSR count). The van der Waals surface area contributed by atoms with Crippen LogP contribution in [0.5, 0.6) is 0 Å². The largest absolute Gasteiger partial charge is 0.355 e. The number of carbonyl (C=O) groups excluding carboxylic acids is 1. The van der Waals surface area contributed by atoms with Gasteiger partial charge in [0, 0.05) is 30.1 Å². The molecule has 0 bridgehead atoms. The van der Waals surface area contributed by atoms with Gasteiger partial charge >= 0.3 is 0 Å². The number of nitrogens with one attached hydrogen (secondary N) is 1. The van der Waals surface area contributed by atoms with Gasteiger partial charge in [-0.1, -0.05) is 36.4 Å². The zero-order chi connectivity index (χ0) is 17.9. The minimum Gasteiger partial charge on any atom is -0.355 e. The molecule has 5 heteroatoms. The van der Waals surface area contributed by atoms with Gasteiger partial charge in [-0.15, -0.1) is 5.10 Å². The Morgan fingerprint density at radius 3 is 2.54 bits per heavy atom. The number of hydrogen-bond acceptors (Lipinski definition) is 4. The summed E-state index contributed by atoms with van der Waals surface area (Å²) in [6, 6.07) is 18.1. The Morgan fingerprint density at radius 2 is 1.77 bits per heavy atom. The molecule has 1 saturated heterocycles. The Kier molecular flexibility index (Phi) is 4.52. The first kappa shape index (κ1) is 16.5. The third-order valence-corrected chi connectivity index (χ3v) is 5.02. The highest BCUT2D eigenvalue weighted by atomic mass is 16.1. The van der Waals surface area contributed by atoms with Crippen LogP contribution >= 0.6 is 0 Å². The van der Waals surface area contributed by atoms with Crippen LogP contribution in [0.25, 0.3) is 10.8 Å². The molecule has 1 fully saturated rings. The van der Waals surface area contributed by atoms with Crippen LogP contribution in [0.3, 0.4) is 0 Å². The van der Waals surface area contributed by atoms with Gasteiger partial charge in [0.1, 0.15) is 0 Å². The van der Waals surface area contributed by atoms with E-state index in [1.807, 2.05) is 49.4 Å². The Morgan fingerprint density at radius 1 is 1.00 bits per heavy atom. The summed E-state index contributed by atoms with van der Waals surface area (Å²) >= 11 is 0. The third kappa shape index (κ3) is 3.38. The van der Waals surface area contributed by atoms with E-state index in [2.05, 4.69) is 32.5 Å². The molecule has 3 aromatic rings. The maximum Gasteiger partial charge on any atom is 0.227 e. The maximum atomic E-state index is 12.7. The molecule has 0 saturated carbocycles. The first-order valence-corrected chi connectivity index (χ1v) is 9.04. The first-order chi connectivity index (χ1) is 12.7. The molecule has 2 aromatic carbocycles. The molecule has 0 atom stereocenters. The lowest BCUT2D eigenvalue weighted by Gasteiger charge is -2.31. The summed E-state index contributed by atoms with van der Waals surface area (Å²) in [7, 11) is 0. The van der Waals surface area contributed by atoms with Crippen LogP contribution in [-0.2, 0) is 4.79 Å². The monoisotopic (exact) mass is 346 g/mol. The van der Waals surface area contributed by atoms with Gasteiger partial charge in [0.25, 0.3) is 0 Å². The second-order valence-electron chi connectivity index (χ2n) is 6.81. The standard InChI is InChI=1S/C21H22N4O/c1-15-9-10-20(24-23-15)25-13-11-17(12-14-25)21(26)22-19-8-4-6-16-5-2-3-7-18(16)19/h2-10,17H,11-14H2,1H3,(H,22,26). The summed E-state index contributed by atoms with van der Waals surface area (Å²) in [5, 5.41) is 13.7. The topological polar surface area (TPSA) is 58.1 Å². The van der Waals surface area contributed by atoms with E-state index in [9.17, 15) is 4.79 Å². The SMILES string of the molecule is Cc1ccc(N2CCC(C(=O)Nc3cccc4ccccc34)CC2)nn1. The van der Waals surface area contributed by atoms with E-state index in [1.54, 1.807) is 0 Å². The average molecular weight is 346 g/mol. The van der Waals surface area contributed by atoms with Gasteiger partial charge in [-0.25, -0.2) is 0 Å². The molecule has 1 aromatic heterocycles. The van der Waals surface area contributed by atoms with Crippen molar-refractivity contribution in [1.82, 2.24) is 10.2 Å². The average Bonchev–Trinajstić information content (AvgIpc) is 2.69. The number of hydrogen-bond donors (Lipinski definition) is 1. The highest BCUT2D eigenvalue weighted by molar-refractivity contribution is 6.02. The molecular formula is C21H22N4O. The molecule has 132 valence electrons. The van der Waals surface area contributed by atoms with Gasteiger partial charge in [0.05, 0.1) is 5.69 Å². The molecule has 5 nitrogen and oxygen atoms in total. The molecule has 1 N–H and O–H groups in total. The quantitative estimate of drug-likeness (QED) is 0.784. The van der Waals surface area contributed by atoms with E-state index in [1.165, 1.54) is 0 Å². The van der Waals surface area contributed by atoms with Crippen molar-refractivity contribution >= 4 is 28.2 Å². The summed E-state index contributed by atoms with van der Waals surface area (Å²) in [5.74, 6) is 1.03. The number of amides is 1. The number of nitrogens with zero attached hydrogens (tertiary/aromatic N) is 3. The fraction of sp³-hybridized carbons (Fsp3) is 0.286. The molecule has 1 aliphatic heterocycles. The van der Waals surface area contributed by atoms with Crippen LogP contribution in [0.15, 0.2) is 54.6 Å². The molecule has 0 radical (unpaired) electrons. The number of fused-ring (bicyclic) bond motifs is 1. The summed E-state index contributed by atoms with van der Waals surface area (Å²) in [4.78, 5) is 14.9. The highest BCUT2D eigenvalue weighted by Crippen LogP contribution is 2.26.